The summed E-state index contributed by atoms with van der Waals surface area (Å²) in [4.78, 5) is 0. The maximum atomic E-state index is 11.1. The second kappa shape index (κ2) is 7.56. The van der Waals surface area contributed by atoms with E-state index in [4.69, 9.17) is 0 Å². The average molecular weight is 391 g/mol. The zero-order valence-corrected chi connectivity index (χ0v) is 19.2. The van der Waals surface area contributed by atoms with Crippen molar-refractivity contribution in [2.24, 2.45) is 52.3 Å². The van der Waals surface area contributed by atoms with Gasteiger partial charge in [-0.2, -0.15) is 0 Å². The fourth-order valence-electron chi connectivity index (χ4n) is 9.05. The van der Waals surface area contributed by atoms with Crippen molar-refractivity contribution in [3.63, 3.8) is 0 Å². The van der Waals surface area contributed by atoms with Crippen molar-refractivity contribution in [3.8, 4) is 0 Å². The summed E-state index contributed by atoms with van der Waals surface area (Å²) < 4.78 is 0. The molecular weight excluding hydrogens is 344 g/mol. The van der Waals surface area contributed by atoms with Crippen molar-refractivity contribution in [1.29, 1.82) is 0 Å². The van der Waals surface area contributed by atoms with Gasteiger partial charge in [-0.3, -0.25) is 0 Å². The maximum Gasteiger partial charge on any atom is 0.0577 e. The molecule has 0 aromatic heterocycles. The predicted octanol–water partition coefficient (Wildman–Crippen LogP) is 6.05. The van der Waals surface area contributed by atoms with Crippen molar-refractivity contribution >= 4 is 0 Å². The van der Waals surface area contributed by atoms with Crippen LogP contribution in [-0.4, -0.2) is 22.4 Å². The molecule has 4 rings (SSSR count). The molecule has 162 valence electrons. The quantitative estimate of drug-likeness (QED) is 0.613. The van der Waals surface area contributed by atoms with Crippen molar-refractivity contribution in [2.75, 3.05) is 0 Å². The highest BCUT2D eigenvalue weighted by Gasteiger charge is 2.62. The van der Waals surface area contributed by atoms with E-state index in [2.05, 4.69) is 34.6 Å². The van der Waals surface area contributed by atoms with Crippen LogP contribution in [0.2, 0.25) is 0 Å². The average Bonchev–Trinajstić information content (AvgIpc) is 2.99. The Morgan fingerprint density at radius 3 is 2.18 bits per heavy atom. The van der Waals surface area contributed by atoms with Gasteiger partial charge in [0.25, 0.3) is 0 Å². The minimum Gasteiger partial charge on any atom is -0.393 e. The fraction of sp³-hybridized carbons (Fsp3) is 1.00. The Morgan fingerprint density at radius 1 is 0.786 bits per heavy atom. The summed E-state index contributed by atoms with van der Waals surface area (Å²) in [6.45, 7) is 12.4. The van der Waals surface area contributed by atoms with Crippen LogP contribution in [0.25, 0.3) is 0 Å². The molecule has 0 radical (unpaired) electrons. The van der Waals surface area contributed by atoms with Crippen LogP contribution in [0.5, 0.6) is 0 Å². The zero-order valence-electron chi connectivity index (χ0n) is 19.2. The van der Waals surface area contributed by atoms with Crippen LogP contribution in [0.3, 0.4) is 0 Å². The first kappa shape index (κ1) is 21.2. The molecule has 4 aliphatic carbocycles. The molecule has 0 aliphatic heterocycles. The summed E-state index contributed by atoms with van der Waals surface area (Å²) in [5, 5.41) is 21.4. The van der Waals surface area contributed by atoms with E-state index in [0.29, 0.717) is 17.3 Å². The molecule has 10 atom stereocenters. The number of aliphatic hydroxyl groups excluding tert-OH is 2. The molecule has 0 aromatic carbocycles. The largest absolute Gasteiger partial charge is 0.393 e. The van der Waals surface area contributed by atoms with Gasteiger partial charge in [0.15, 0.2) is 0 Å². The van der Waals surface area contributed by atoms with Crippen LogP contribution in [0, 0.1) is 52.3 Å². The standard InChI is InChI=1S/C26H46O2/c1-16(2)6-7-17(3)20-8-9-21-19-15-24(28)23-14-18(27)10-12-26(23,5)22(19)11-13-25(20,21)4/h16-24,27-28H,6-15H2,1-5H3/t17?,18-,19?,20?,21?,22?,23+,24+,25-,26-/m1/s1. The van der Waals surface area contributed by atoms with Gasteiger partial charge in [0.2, 0.25) is 0 Å². The molecule has 2 nitrogen and oxygen atoms in total. The summed E-state index contributed by atoms with van der Waals surface area (Å²) >= 11 is 0. The third-order valence-corrected chi connectivity index (χ3v) is 10.6. The normalized spacial score (nSPS) is 52.1. The first-order valence-electron chi connectivity index (χ1n) is 12.5. The first-order valence-corrected chi connectivity index (χ1v) is 12.5. The highest BCUT2D eigenvalue weighted by Crippen LogP contribution is 2.68. The van der Waals surface area contributed by atoms with Crippen molar-refractivity contribution < 1.29 is 10.2 Å². The summed E-state index contributed by atoms with van der Waals surface area (Å²) in [6, 6.07) is 0. The molecule has 4 fully saturated rings. The van der Waals surface area contributed by atoms with Crippen LogP contribution in [0.4, 0.5) is 0 Å². The topological polar surface area (TPSA) is 40.5 Å². The van der Waals surface area contributed by atoms with E-state index in [1.165, 1.54) is 38.5 Å². The summed E-state index contributed by atoms with van der Waals surface area (Å²) in [5.41, 5.74) is 0.749. The van der Waals surface area contributed by atoms with Gasteiger partial charge in [0.1, 0.15) is 0 Å². The molecule has 2 N–H and O–H groups in total. The Hall–Kier alpha value is -0.0800. The maximum absolute atomic E-state index is 11.1. The Bertz CT molecular complexity index is 559. The van der Waals surface area contributed by atoms with Gasteiger partial charge >= 0.3 is 0 Å². The highest BCUT2D eigenvalue weighted by molar-refractivity contribution is 5.11. The Morgan fingerprint density at radius 2 is 1.46 bits per heavy atom. The lowest BCUT2D eigenvalue weighted by molar-refractivity contribution is -0.172. The van der Waals surface area contributed by atoms with Gasteiger partial charge in [-0.1, -0.05) is 47.5 Å². The Balaban J connectivity index is 1.54. The van der Waals surface area contributed by atoms with E-state index in [0.717, 1.165) is 55.3 Å². The van der Waals surface area contributed by atoms with Gasteiger partial charge < -0.3 is 10.2 Å². The summed E-state index contributed by atoms with van der Waals surface area (Å²) in [5.74, 6) is 5.17. The molecule has 5 unspecified atom stereocenters. The van der Waals surface area contributed by atoms with Crippen LogP contribution in [-0.2, 0) is 0 Å². The second-order valence-electron chi connectivity index (χ2n) is 12.4. The number of rotatable bonds is 4. The van der Waals surface area contributed by atoms with Gasteiger partial charge in [-0.15, -0.1) is 0 Å². The molecule has 0 heterocycles. The van der Waals surface area contributed by atoms with E-state index < -0.39 is 0 Å². The monoisotopic (exact) mass is 390 g/mol. The van der Waals surface area contributed by atoms with E-state index in [9.17, 15) is 10.2 Å². The Kier molecular flexibility index (Phi) is 5.71. The lowest BCUT2D eigenvalue weighted by atomic mass is 9.43. The molecule has 0 amide bonds. The van der Waals surface area contributed by atoms with E-state index in [-0.39, 0.29) is 17.6 Å². The SMILES string of the molecule is CC(C)CCC(C)C1CCC2C3C[C@H](O)[C@@H]4C[C@H](O)CC[C@]4(C)C3CC[C@]12C. The van der Waals surface area contributed by atoms with E-state index in [1.807, 2.05) is 0 Å². The third kappa shape index (κ3) is 3.29. The molecule has 0 saturated heterocycles. The number of fused-ring (bicyclic) bond motifs is 5. The smallest absolute Gasteiger partial charge is 0.0577 e. The molecule has 2 heteroatoms. The second-order valence-corrected chi connectivity index (χ2v) is 12.4. The molecule has 0 aromatic rings. The van der Waals surface area contributed by atoms with E-state index >= 15 is 0 Å². The molecule has 28 heavy (non-hydrogen) atoms. The van der Waals surface area contributed by atoms with Crippen molar-refractivity contribution in [2.45, 2.75) is 111 Å². The minimum atomic E-state index is -0.194. The van der Waals surface area contributed by atoms with Gasteiger partial charge in [-0.05, 0) is 104 Å². The van der Waals surface area contributed by atoms with E-state index in [1.54, 1.807) is 0 Å². The zero-order chi connectivity index (χ0) is 20.3. The highest BCUT2D eigenvalue weighted by atomic mass is 16.3. The number of hydrogen-bond acceptors (Lipinski definition) is 2. The molecule has 4 saturated carbocycles. The summed E-state index contributed by atoms with van der Waals surface area (Å²) in [6.07, 6.45) is 11.8. The van der Waals surface area contributed by atoms with Crippen LogP contribution < -0.4 is 0 Å². The number of aliphatic hydroxyl groups is 2. The third-order valence-electron chi connectivity index (χ3n) is 10.6. The van der Waals surface area contributed by atoms with Crippen molar-refractivity contribution in [3.05, 3.63) is 0 Å². The minimum absolute atomic E-state index is 0.184. The first-order chi connectivity index (χ1) is 13.2. The van der Waals surface area contributed by atoms with Gasteiger partial charge in [0.05, 0.1) is 12.2 Å². The number of hydrogen-bond donors (Lipinski definition) is 2. The van der Waals surface area contributed by atoms with Crippen LogP contribution >= 0.6 is 0 Å². The lowest BCUT2D eigenvalue weighted by Gasteiger charge is -2.62. The van der Waals surface area contributed by atoms with Crippen molar-refractivity contribution in [1.82, 2.24) is 0 Å². The van der Waals surface area contributed by atoms with Crippen LogP contribution in [0.15, 0.2) is 0 Å². The molecular formula is C26H46O2. The fourth-order valence-corrected chi connectivity index (χ4v) is 9.05. The molecule has 0 bridgehead atoms. The molecule has 4 aliphatic rings. The summed E-state index contributed by atoms with van der Waals surface area (Å²) in [7, 11) is 0. The van der Waals surface area contributed by atoms with Crippen LogP contribution in [0.1, 0.15) is 98.8 Å². The molecule has 0 spiro atoms. The van der Waals surface area contributed by atoms with Gasteiger partial charge in [-0.25, -0.2) is 0 Å². The lowest BCUT2D eigenvalue weighted by Crippen LogP contribution is -2.58. The Labute approximate surface area is 173 Å². The predicted molar refractivity (Wildman–Crippen MR) is 116 cm³/mol. The van der Waals surface area contributed by atoms with Gasteiger partial charge in [0, 0.05) is 0 Å².